The fraction of sp³-hybridized carbons (Fsp3) is 0.421. The number of carbonyl (C=O) groups excluding carboxylic acids is 2. The van der Waals surface area contributed by atoms with Crippen molar-refractivity contribution in [3.63, 3.8) is 0 Å². The Kier molecular flexibility index (Phi) is 5.15. The van der Waals surface area contributed by atoms with Gasteiger partial charge in [-0.05, 0) is 19.1 Å². The van der Waals surface area contributed by atoms with Crippen LogP contribution in [0.2, 0.25) is 0 Å². The molecule has 2 aliphatic heterocycles. The second-order valence-electron chi connectivity index (χ2n) is 6.91. The zero-order valence-electron chi connectivity index (χ0n) is 16.5. The molecule has 4 rings (SSSR count). The number of amides is 1. The van der Waals surface area contributed by atoms with Crippen LogP contribution in [0.3, 0.4) is 0 Å². The summed E-state index contributed by atoms with van der Waals surface area (Å²) in [6, 6.07) is 2.65. The van der Waals surface area contributed by atoms with E-state index in [1.807, 2.05) is 0 Å². The maximum Gasteiger partial charge on any atom is 0.416 e. The van der Waals surface area contributed by atoms with Crippen molar-refractivity contribution in [2.75, 3.05) is 25.2 Å². The number of alkyl halides is 3. The number of imidazole rings is 1. The molecule has 2 aromatic rings. The molecule has 3 heterocycles. The molecule has 0 spiro atoms. The average Bonchev–Trinajstić information content (AvgIpc) is 3.26. The Morgan fingerprint density at radius 3 is 2.81 bits per heavy atom. The van der Waals surface area contributed by atoms with E-state index in [-0.39, 0.29) is 12.4 Å². The standard InChI is InChI=1S/C19H18F3N3O6/c1-10(17(26)28-2)31-11-3-4-12-13(7-11)29-6-5-24-8-15(23-16(12)24)25-14(19(20,21)22)9-30-18(25)27/h3-4,7-8,10,14H,5-6,9H2,1-2H3/t10-,14-/m0/s1. The van der Waals surface area contributed by atoms with Gasteiger partial charge in [-0.1, -0.05) is 0 Å². The van der Waals surface area contributed by atoms with Crippen molar-refractivity contribution in [1.82, 2.24) is 9.55 Å². The minimum atomic E-state index is -4.66. The largest absolute Gasteiger partial charge is 0.491 e. The minimum Gasteiger partial charge on any atom is -0.491 e. The van der Waals surface area contributed by atoms with Gasteiger partial charge in [0.2, 0.25) is 0 Å². The molecule has 9 nitrogen and oxygen atoms in total. The molecule has 0 unspecified atom stereocenters. The fourth-order valence-electron chi connectivity index (χ4n) is 3.37. The van der Waals surface area contributed by atoms with Crippen molar-refractivity contribution in [3.8, 4) is 22.9 Å². The molecule has 12 heteroatoms. The lowest BCUT2D eigenvalue weighted by atomic mass is 10.2. The van der Waals surface area contributed by atoms with E-state index in [4.69, 9.17) is 9.47 Å². The number of carbonyl (C=O) groups is 2. The molecule has 1 aromatic heterocycles. The average molecular weight is 441 g/mol. The van der Waals surface area contributed by atoms with E-state index >= 15 is 0 Å². The molecule has 2 aliphatic rings. The number of methoxy groups -OCH3 is 1. The first kappa shape index (κ1) is 20.8. The topological polar surface area (TPSA) is 92.1 Å². The highest BCUT2D eigenvalue weighted by Gasteiger charge is 2.52. The number of aromatic nitrogens is 2. The summed E-state index contributed by atoms with van der Waals surface area (Å²) < 4.78 is 62.0. The molecule has 0 aliphatic carbocycles. The van der Waals surface area contributed by atoms with Gasteiger partial charge in [-0.3, -0.25) is 0 Å². The van der Waals surface area contributed by atoms with Gasteiger partial charge in [0.1, 0.15) is 30.5 Å². The number of nitrogens with zero attached hydrogens (tertiary/aromatic N) is 3. The predicted octanol–water partition coefficient (Wildman–Crippen LogP) is 2.77. The van der Waals surface area contributed by atoms with Gasteiger partial charge in [-0.2, -0.15) is 13.2 Å². The Balaban J connectivity index is 1.67. The molecule has 1 fully saturated rings. The molecule has 1 amide bonds. The zero-order valence-corrected chi connectivity index (χ0v) is 16.5. The van der Waals surface area contributed by atoms with Crippen LogP contribution in [0.4, 0.5) is 23.8 Å². The lowest BCUT2D eigenvalue weighted by Gasteiger charge is -2.21. The highest BCUT2D eigenvalue weighted by molar-refractivity contribution is 5.90. The molecule has 0 bridgehead atoms. The fourth-order valence-corrected chi connectivity index (χ4v) is 3.37. The lowest BCUT2D eigenvalue weighted by molar-refractivity contribution is -0.148. The van der Waals surface area contributed by atoms with E-state index in [0.29, 0.717) is 34.3 Å². The Labute approximate surface area is 174 Å². The van der Waals surface area contributed by atoms with Gasteiger partial charge in [0.15, 0.2) is 18.0 Å². The number of benzene rings is 1. The van der Waals surface area contributed by atoms with Crippen LogP contribution in [0.15, 0.2) is 24.4 Å². The second-order valence-corrected chi connectivity index (χ2v) is 6.91. The number of hydrogen-bond donors (Lipinski definition) is 0. The van der Waals surface area contributed by atoms with Crippen LogP contribution in [0.25, 0.3) is 11.4 Å². The van der Waals surface area contributed by atoms with Crippen molar-refractivity contribution in [1.29, 1.82) is 0 Å². The smallest absolute Gasteiger partial charge is 0.416 e. The van der Waals surface area contributed by atoms with E-state index in [1.165, 1.54) is 20.2 Å². The van der Waals surface area contributed by atoms with Gasteiger partial charge >= 0.3 is 18.2 Å². The van der Waals surface area contributed by atoms with Crippen molar-refractivity contribution >= 4 is 17.9 Å². The molecule has 0 N–H and O–H groups in total. The Morgan fingerprint density at radius 2 is 2.10 bits per heavy atom. The first-order valence-electron chi connectivity index (χ1n) is 9.30. The summed E-state index contributed by atoms with van der Waals surface area (Å²) in [5.41, 5.74) is 0.498. The minimum absolute atomic E-state index is 0.160. The number of rotatable bonds is 4. The van der Waals surface area contributed by atoms with Crippen LogP contribution in [0.5, 0.6) is 11.5 Å². The van der Waals surface area contributed by atoms with E-state index < -0.39 is 37.0 Å². The Hall–Kier alpha value is -3.44. The summed E-state index contributed by atoms with van der Waals surface area (Å²) in [6.45, 7) is 1.25. The summed E-state index contributed by atoms with van der Waals surface area (Å²) in [4.78, 5) is 28.3. The summed E-state index contributed by atoms with van der Waals surface area (Å²) >= 11 is 0. The highest BCUT2D eigenvalue weighted by Crippen LogP contribution is 2.38. The van der Waals surface area contributed by atoms with Crippen LogP contribution >= 0.6 is 0 Å². The SMILES string of the molecule is COC(=O)[C@H](C)Oc1ccc2c(c1)OCCn1cc(N3C(=O)OC[C@H]3C(F)(F)F)nc1-2. The molecule has 166 valence electrons. The van der Waals surface area contributed by atoms with Crippen LogP contribution in [0.1, 0.15) is 6.92 Å². The number of ether oxygens (including phenoxy) is 4. The van der Waals surface area contributed by atoms with Gasteiger partial charge in [-0.15, -0.1) is 0 Å². The third kappa shape index (κ3) is 3.84. The van der Waals surface area contributed by atoms with Crippen LogP contribution in [-0.2, 0) is 20.8 Å². The maximum absolute atomic E-state index is 13.3. The van der Waals surface area contributed by atoms with Gasteiger partial charge in [0, 0.05) is 12.3 Å². The van der Waals surface area contributed by atoms with E-state index in [1.54, 1.807) is 22.8 Å². The molecule has 2 atom stereocenters. The van der Waals surface area contributed by atoms with Gasteiger partial charge in [0.05, 0.1) is 19.2 Å². The van der Waals surface area contributed by atoms with Gasteiger partial charge in [-0.25, -0.2) is 19.5 Å². The summed E-state index contributed by atoms with van der Waals surface area (Å²) in [7, 11) is 1.25. The Morgan fingerprint density at radius 1 is 1.32 bits per heavy atom. The van der Waals surface area contributed by atoms with Crippen LogP contribution < -0.4 is 14.4 Å². The molecular formula is C19H18F3N3O6. The molecule has 1 saturated heterocycles. The summed E-state index contributed by atoms with van der Waals surface area (Å²) in [6.07, 6.45) is -5.24. The molecule has 31 heavy (non-hydrogen) atoms. The van der Waals surface area contributed by atoms with E-state index in [0.717, 1.165) is 0 Å². The number of anilines is 1. The number of fused-ring (bicyclic) bond motifs is 3. The number of hydrogen-bond acceptors (Lipinski definition) is 7. The lowest BCUT2D eigenvalue weighted by Crippen LogP contribution is -2.44. The first-order chi connectivity index (χ1) is 14.7. The van der Waals surface area contributed by atoms with Gasteiger partial charge in [0.25, 0.3) is 0 Å². The van der Waals surface area contributed by atoms with Crippen molar-refractivity contribution < 1.29 is 41.7 Å². The molecular weight excluding hydrogens is 423 g/mol. The van der Waals surface area contributed by atoms with Crippen LogP contribution in [-0.4, -0.2) is 60.3 Å². The Bertz CT molecular complexity index is 1020. The third-order valence-corrected chi connectivity index (χ3v) is 4.89. The highest BCUT2D eigenvalue weighted by atomic mass is 19.4. The van der Waals surface area contributed by atoms with Crippen molar-refractivity contribution in [3.05, 3.63) is 24.4 Å². The third-order valence-electron chi connectivity index (χ3n) is 4.89. The summed E-state index contributed by atoms with van der Waals surface area (Å²) in [5.74, 6) is 0.342. The van der Waals surface area contributed by atoms with Crippen molar-refractivity contribution in [2.45, 2.75) is 31.8 Å². The quantitative estimate of drug-likeness (QED) is 0.674. The van der Waals surface area contributed by atoms with Crippen LogP contribution in [0, 0.1) is 0 Å². The monoisotopic (exact) mass is 441 g/mol. The predicted molar refractivity (Wildman–Crippen MR) is 98.9 cm³/mol. The number of halogens is 3. The number of cyclic esters (lactones) is 1. The first-order valence-corrected chi connectivity index (χ1v) is 9.30. The normalized spacial score (nSPS) is 18.9. The van der Waals surface area contributed by atoms with Crippen molar-refractivity contribution in [2.24, 2.45) is 0 Å². The second kappa shape index (κ2) is 7.67. The zero-order chi connectivity index (χ0) is 22.3. The van der Waals surface area contributed by atoms with E-state index in [9.17, 15) is 22.8 Å². The maximum atomic E-state index is 13.3. The number of esters is 1. The van der Waals surface area contributed by atoms with E-state index in [2.05, 4.69) is 14.5 Å². The summed E-state index contributed by atoms with van der Waals surface area (Å²) in [5, 5.41) is 0. The van der Waals surface area contributed by atoms with Gasteiger partial charge < -0.3 is 23.5 Å². The molecule has 0 saturated carbocycles. The molecule has 0 radical (unpaired) electrons. The molecule has 1 aromatic carbocycles.